The SMILES string of the molecule is c1ccc2c(c1)Cc1c-2ccc2c1Cc1cncc3c1N2c1c(ccc2c1Cc1ccccc1-2)C3. The second-order valence-electron chi connectivity index (χ2n) is 10.4. The Morgan fingerprint density at radius 3 is 1.89 bits per heavy atom. The Morgan fingerprint density at radius 1 is 0.457 bits per heavy atom. The Labute approximate surface area is 204 Å². The van der Waals surface area contributed by atoms with Crippen LogP contribution in [0.25, 0.3) is 22.3 Å². The molecule has 0 atom stereocenters. The average Bonchev–Trinajstić information content (AvgIpc) is 3.47. The highest BCUT2D eigenvalue weighted by atomic mass is 15.2. The molecule has 9 rings (SSSR count). The topological polar surface area (TPSA) is 16.1 Å². The average molecular weight is 447 g/mol. The van der Waals surface area contributed by atoms with Gasteiger partial charge in [-0.15, -0.1) is 0 Å². The van der Waals surface area contributed by atoms with Gasteiger partial charge in [-0.3, -0.25) is 4.98 Å². The minimum atomic E-state index is 0.956. The molecule has 0 saturated carbocycles. The van der Waals surface area contributed by atoms with E-state index in [0.717, 1.165) is 25.7 Å². The Morgan fingerprint density at radius 2 is 1.09 bits per heavy atom. The standard InChI is InChI=1S/C33H22N2/c1-3-7-24-19(5-1)14-28-26(24)11-12-31-29(28)16-23-18-34-17-22-13-21-9-10-27-25-8-4-2-6-20(25)15-30(27)33(21)35(31)32(22)23/h1-12,17-18H,13-16H2. The van der Waals surface area contributed by atoms with Crippen LogP contribution in [0.4, 0.5) is 17.1 Å². The predicted octanol–water partition coefficient (Wildman–Crippen LogP) is 7.50. The number of aromatic nitrogens is 1. The van der Waals surface area contributed by atoms with Crippen molar-refractivity contribution in [3.05, 3.63) is 130 Å². The van der Waals surface area contributed by atoms with E-state index in [1.807, 2.05) is 0 Å². The first-order valence-corrected chi connectivity index (χ1v) is 12.6. The first-order chi connectivity index (χ1) is 17.3. The van der Waals surface area contributed by atoms with Crippen LogP contribution in [0.1, 0.15) is 44.5 Å². The number of benzene rings is 4. The summed E-state index contributed by atoms with van der Waals surface area (Å²) in [5.74, 6) is 0. The van der Waals surface area contributed by atoms with Gasteiger partial charge in [0.25, 0.3) is 0 Å². The summed E-state index contributed by atoms with van der Waals surface area (Å²) < 4.78 is 0. The largest absolute Gasteiger partial charge is 0.309 e. The van der Waals surface area contributed by atoms with E-state index in [0.29, 0.717) is 0 Å². The molecule has 0 radical (unpaired) electrons. The number of nitrogens with zero attached hydrogens (tertiary/aromatic N) is 2. The van der Waals surface area contributed by atoms with Crippen molar-refractivity contribution in [2.24, 2.45) is 0 Å². The maximum Gasteiger partial charge on any atom is 0.0563 e. The lowest BCUT2D eigenvalue weighted by molar-refractivity contribution is 0.967. The van der Waals surface area contributed by atoms with Gasteiger partial charge in [0.1, 0.15) is 0 Å². The van der Waals surface area contributed by atoms with Gasteiger partial charge in [0.05, 0.1) is 17.1 Å². The van der Waals surface area contributed by atoms with Crippen LogP contribution in [-0.2, 0) is 25.7 Å². The lowest BCUT2D eigenvalue weighted by Crippen LogP contribution is -2.26. The molecule has 35 heavy (non-hydrogen) atoms. The molecule has 3 heterocycles. The predicted molar refractivity (Wildman–Crippen MR) is 141 cm³/mol. The number of fused-ring (bicyclic) bond motifs is 12. The molecule has 0 fully saturated rings. The molecule has 0 amide bonds. The molecule has 0 bridgehead atoms. The van der Waals surface area contributed by atoms with Gasteiger partial charge in [0, 0.05) is 31.7 Å². The second kappa shape index (κ2) is 6.28. The zero-order chi connectivity index (χ0) is 22.7. The van der Waals surface area contributed by atoms with Gasteiger partial charge in [-0.2, -0.15) is 0 Å². The van der Waals surface area contributed by atoms with Crippen molar-refractivity contribution in [2.75, 3.05) is 4.90 Å². The number of pyridine rings is 1. The first kappa shape index (κ1) is 18.2. The fourth-order valence-electron chi connectivity index (χ4n) is 7.17. The molecule has 4 aliphatic rings. The lowest BCUT2D eigenvalue weighted by atomic mass is 9.83. The van der Waals surface area contributed by atoms with Gasteiger partial charge in [-0.1, -0.05) is 66.7 Å². The number of anilines is 3. The van der Waals surface area contributed by atoms with Crippen molar-refractivity contribution in [1.82, 2.24) is 4.98 Å². The van der Waals surface area contributed by atoms with Crippen molar-refractivity contribution < 1.29 is 0 Å². The summed E-state index contributed by atoms with van der Waals surface area (Å²) in [6, 6.07) is 27.3. The van der Waals surface area contributed by atoms with Gasteiger partial charge in [0.2, 0.25) is 0 Å². The van der Waals surface area contributed by atoms with Crippen LogP contribution in [-0.4, -0.2) is 4.98 Å². The highest BCUT2D eigenvalue weighted by Gasteiger charge is 2.37. The molecule has 0 unspecified atom stereocenters. The molecule has 164 valence electrons. The van der Waals surface area contributed by atoms with Crippen LogP contribution in [0.2, 0.25) is 0 Å². The van der Waals surface area contributed by atoms with Crippen LogP contribution in [0, 0.1) is 0 Å². The van der Waals surface area contributed by atoms with E-state index in [9.17, 15) is 0 Å². The third-order valence-electron chi connectivity index (χ3n) is 8.63. The minimum Gasteiger partial charge on any atom is -0.309 e. The van der Waals surface area contributed by atoms with Crippen LogP contribution in [0.3, 0.4) is 0 Å². The Bertz CT molecular complexity index is 1760. The van der Waals surface area contributed by atoms with Crippen LogP contribution in [0.15, 0.2) is 85.2 Å². The summed E-state index contributed by atoms with van der Waals surface area (Å²) in [5, 5.41) is 0. The van der Waals surface area contributed by atoms with Gasteiger partial charge in [0.15, 0.2) is 0 Å². The van der Waals surface area contributed by atoms with Gasteiger partial charge in [-0.25, -0.2) is 0 Å². The Balaban J connectivity index is 1.33. The van der Waals surface area contributed by atoms with Gasteiger partial charge < -0.3 is 4.90 Å². The van der Waals surface area contributed by atoms with E-state index >= 15 is 0 Å². The van der Waals surface area contributed by atoms with E-state index in [2.05, 4.69) is 90.1 Å². The maximum absolute atomic E-state index is 4.69. The van der Waals surface area contributed by atoms with Crippen molar-refractivity contribution in [3.63, 3.8) is 0 Å². The van der Waals surface area contributed by atoms with E-state index in [-0.39, 0.29) is 0 Å². The third-order valence-corrected chi connectivity index (χ3v) is 8.63. The Kier molecular flexibility index (Phi) is 3.27. The number of rotatable bonds is 0. The highest BCUT2D eigenvalue weighted by molar-refractivity contribution is 5.96. The molecule has 2 heteroatoms. The number of hydrogen-bond acceptors (Lipinski definition) is 2. The van der Waals surface area contributed by atoms with Crippen molar-refractivity contribution in [3.8, 4) is 22.3 Å². The lowest BCUT2D eigenvalue weighted by Gasteiger charge is -2.41. The fraction of sp³-hybridized carbons (Fsp3) is 0.121. The summed E-state index contributed by atoms with van der Waals surface area (Å²) in [7, 11) is 0. The van der Waals surface area contributed by atoms with E-state index in [1.54, 1.807) is 0 Å². The van der Waals surface area contributed by atoms with Crippen LogP contribution in [0.5, 0.6) is 0 Å². The molecule has 2 nitrogen and oxygen atoms in total. The Hall–Kier alpha value is -4.17. The summed E-state index contributed by atoms with van der Waals surface area (Å²) in [6.45, 7) is 0. The van der Waals surface area contributed by atoms with Crippen LogP contribution < -0.4 is 4.90 Å². The summed E-state index contributed by atoms with van der Waals surface area (Å²) in [4.78, 5) is 7.30. The molecule has 0 spiro atoms. The van der Waals surface area contributed by atoms with Gasteiger partial charge >= 0.3 is 0 Å². The molecular weight excluding hydrogens is 424 g/mol. The zero-order valence-corrected chi connectivity index (χ0v) is 19.3. The smallest absolute Gasteiger partial charge is 0.0563 e. The molecule has 2 aliphatic heterocycles. The van der Waals surface area contributed by atoms with E-state index in [4.69, 9.17) is 4.98 Å². The second-order valence-corrected chi connectivity index (χ2v) is 10.4. The molecule has 1 aromatic heterocycles. The maximum atomic E-state index is 4.69. The molecular formula is C33H22N2. The summed E-state index contributed by atoms with van der Waals surface area (Å²) in [5.41, 5.74) is 21.2. The zero-order valence-electron chi connectivity index (χ0n) is 19.3. The first-order valence-electron chi connectivity index (χ1n) is 12.6. The minimum absolute atomic E-state index is 0.956. The monoisotopic (exact) mass is 446 g/mol. The summed E-state index contributed by atoms with van der Waals surface area (Å²) >= 11 is 0. The van der Waals surface area contributed by atoms with E-state index < -0.39 is 0 Å². The normalized spacial score (nSPS) is 14.9. The molecule has 4 aromatic carbocycles. The molecule has 5 aromatic rings. The van der Waals surface area contributed by atoms with E-state index in [1.165, 1.54) is 83.8 Å². The van der Waals surface area contributed by atoms with Crippen LogP contribution >= 0.6 is 0 Å². The fourth-order valence-corrected chi connectivity index (χ4v) is 7.17. The van der Waals surface area contributed by atoms with Crippen molar-refractivity contribution in [2.45, 2.75) is 25.7 Å². The number of hydrogen-bond donors (Lipinski definition) is 0. The quantitative estimate of drug-likeness (QED) is 0.240. The van der Waals surface area contributed by atoms with Crippen molar-refractivity contribution in [1.29, 1.82) is 0 Å². The molecule has 0 saturated heterocycles. The summed E-state index contributed by atoms with van der Waals surface area (Å²) in [6.07, 6.45) is 8.15. The molecule has 2 aliphatic carbocycles. The van der Waals surface area contributed by atoms with Crippen molar-refractivity contribution >= 4 is 17.1 Å². The van der Waals surface area contributed by atoms with Gasteiger partial charge in [-0.05, 0) is 79.2 Å². The third kappa shape index (κ3) is 2.23. The highest BCUT2D eigenvalue weighted by Crippen LogP contribution is 2.56. The molecule has 0 N–H and O–H groups in total.